The van der Waals surface area contributed by atoms with E-state index < -0.39 is 32.4 Å². The molecule has 0 heterocycles. The van der Waals surface area contributed by atoms with Gasteiger partial charge in [-0.15, -0.1) is 0 Å². The quantitative estimate of drug-likeness (QED) is 0.380. The van der Waals surface area contributed by atoms with Crippen LogP contribution in [0.2, 0.25) is 0 Å². The second-order valence-electron chi connectivity index (χ2n) is 6.72. The molecule has 0 aliphatic carbocycles. The monoisotopic (exact) mass is 454 g/mol. The number of nitro groups is 1. The van der Waals surface area contributed by atoms with Gasteiger partial charge in [-0.3, -0.25) is 14.9 Å². The van der Waals surface area contributed by atoms with Crippen LogP contribution in [-0.4, -0.2) is 31.5 Å². The topological polar surface area (TPSA) is 148 Å². The first-order chi connectivity index (χ1) is 15.1. The van der Waals surface area contributed by atoms with Crippen molar-refractivity contribution in [3.05, 3.63) is 88.5 Å². The summed E-state index contributed by atoms with van der Waals surface area (Å²) < 4.78 is 23.6. The molecule has 3 aromatic rings. The number of para-hydroxylation sites is 1. The average molecular weight is 454 g/mol. The van der Waals surface area contributed by atoms with E-state index in [-0.39, 0.29) is 10.5 Å². The second-order valence-corrected chi connectivity index (χ2v) is 8.74. The number of non-ortho nitro benzene ring substituents is 1. The molecular weight excluding hydrogens is 436 g/mol. The number of nitrogens with one attached hydrogen (secondary N) is 3. The Labute approximate surface area is 183 Å². The molecule has 0 spiro atoms. The zero-order valence-corrected chi connectivity index (χ0v) is 17.5. The summed E-state index contributed by atoms with van der Waals surface area (Å²) in [5, 5.41) is 18.9. The van der Waals surface area contributed by atoms with Crippen LogP contribution in [0, 0.1) is 10.1 Å². The molecule has 3 N–H and O–H groups in total. The second kappa shape index (κ2) is 9.27. The van der Waals surface area contributed by atoms with Gasteiger partial charge in [0.15, 0.2) is 9.84 Å². The fourth-order valence-electron chi connectivity index (χ4n) is 2.69. The zero-order chi connectivity index (χ0) is 23.3. The van der Waals surface area contributed by atoms with Crippen LogP contribution in [0.4, 0.5) is 27.5 Å². The van der Waals surface area contributed by atoms with E-state index in [0.29, 0.717) is 17.1 Å². The third kappa shape index (κ3) is 5.89. The highest BCUT2D eigenvalue weighted by Gasteiger charge is 2.19. The van der Waals surface area contributed by atoms with Crippen LogP contribution in [0.1, 0.15) is 10.4 Å². The minimum absolute atomic E-state index is 0.177. The van der Waals surface area contributed by atoms with Gasteiger partial charge in [0.1, 0.15) is 0 Å². The highest BCUT2D eigenvalue weighted by atomic mass is 32.2. The molecule has 3 aromatic carbocycles. The molecule has 164 valence electrons. The van der Waals surface area contributed by atoms with Crippen LogP contribution in [0.3, 0.4) is 0 Å². The molecule has 0 radical (unpaired) electrons. The molecule has 11 heteroatoms. The molecule has 0 unspecified atom stereocenters. The van der Waals surface area contributed by atoms with Gasteiger partial charge in [-0.05, 0) is 42.5 Å². The maximum absolute atomic E-state index is 12.5. The molecule has 3 rings (SSSR count). The van der Waals surface area contributed by atoms with Gasteiger partial charge in [0.2, 0.25) is 0 Å². The lowest BCUT2D eigenvalue weighted by atomic mass is 10.2. The molecule has 0 atom stereocenters. The summed E-state index contributed by atoms with van der Waals surface area (Å²) in [6.45, 7) is 0. The molecule has 0 bridgehead atoms. The van der Waals surface area contributed by atoms with Crippen LogP contribution in [0.15, 0.2) is 77.7 Å². The van der Waals surface area contributed by atoms with E-state index in [9.17, 15) is 28.1 Å². The van der Waals surface area contributed by atoms with Crippen molar-refractivity contribution in [2.75, 3.05) is 22.2 Å². The number of hydrogen-bond donors (Lipinski definition) is 3. The Balaban J connectivity index is 1.70. The number of benzene rings is 3. The van der Waals surface area contributed by atoms with Crippen molar-refractivity contribution in [3.8, 4) is 0 Å². The lowest BCUT2D eigenvalue weighted by molar-refractivity contribution is -0.385. The number of anilines is 3. The summed E-state index contributed by atoms with van der Waals surface area (Å²) in [4.78, 5) is 34.5. The Morgan fingerprint density at radius 2 is 1.34 bits per heavy atom. The first-order valence-corrected chi connectivity index (χ1v) is 11.0. The lowest BCUT2D eigenvalue weighted by Crippen LogP contribution is -2.19. The van der Waals surface area contributed by atoms with E-state index in [0.717, 1.165) is 24.5 Å². The molecule has 32 heavy (non-hydrogen) atoms. The van der Waals surface area contributed by atoms with Gasteiger partial charge in [-0.1, -0.05) is 18.2 Å². The van der Waals surface area contributed by atoms with E-state index in [4.69, 9.17) is 0 Å². The van der Waals surface area contributed by atoms with Gasteiger partial charge >= 0.3 is 6.03 Å². The predicted molar refractivity (Wildman–Crippen MR) is 120 cm³/mol. The smallest absolute Gasteiger partial charge is 0.322 e. The molecule has 0 aromatic heterocycles. The van der Waals surface area contributed by atoms with E-state index in [1.807, 2.05) is 6.07 Å². The predicted octanol–water partition coefficient (Wildman–Crippen LogP) is 3.89. The summed E-state index contributed by atoms with van der Waals surface area (Å²) in [7, 11) is -3.76. The van der Waals surface area contributed by atoms with Crippen LogP contribution in [0.5, 0.6) is 0 Å². The van der Waals surface area contributed by atoms with Crippen molar-refractivity contribution in [2.24, 2.45) is 0 Å². The van der Waals surface area contributed by atoms with Crippen molar-refractivity contribution in [2.45, 2.75) is 4.90 Å². The number of amides is 3. The fourth-order valence-corrected chi connectivity index (χ4v) is 3.36. The molecule has 10 nitrogen and oxygen atoms in total. The van der Waals surface area contributed by atoms with Crippen LogP contribution >= 0.6 is 0 Å². The summed E-state index contributed by atoms with van der Waals surface area (Å²) >= 11 is 0. The van der Waals surface area contributed by atoms with Gasteiger partial charge in [0.25, 0.3) is 11.6 Å². The van der Waals surface area contributed by atoms with Crippen molar-refractivity contribution < 1.29 is 22.9 Å². The van der Waals surface area contributed by atoms with Crippen molar-refractivity contribution in [1.29, 1.82) is 0 Å². The maximum atomic E-state index is 12.5. The Kier molecular flexibility index (Phi) is 6.50. The minimum atomic E-state index is -3.76. The van der Waals surface area contributed by atoms with Crippen molar-refractivity contribution in [1.82, 2.24) is 0 Å². The normalized spacial score (nSPS) is 10.8. The summed E-state index contributed by atoms with van der Waals surface area (Å²) in [5.41, 5.74) is 0.744. The molecule has 0 aliphatic heterocycles. The van der Waals surface area contributed by atoms with Crippen LogP contribution in [-0.2, 0) is 9.84 Å². The lowest BCUT2D eigenvalue weighted by Gasteiger charge is -2.10. The first kappa shape index (κ1) is 22.4. The first-order valence-electron chi connectivity index (χ1n) is 9.16. The third-order valence-electron chi connectivity index (χ3n) is 4.22. The Morgan fingerprint density at radius 1 is 0.812 bits per heavy atom. The van der Waals surface area contributed by atoms with Gasteiger partial charge < -0.3 is 16.0 Å². The Hall–Kier alpha value is -4.25. The van der Waals surface area contributed by atoms with E-state index >= 15 is 0 Å². The number of urea groups is 1. The summed E-state index contributed by atoms with van der Waals surface area (Å²) in [6.07, 6.45) is 0.896. The molecule has 0 aliphatic rings. The van der Waals surface area contributed by atoms with E-state index in [1.165, 1.54) is 12.1 Å². The number of nitro benzene ring substituents is 1. The highest BCUT2D eigenvalue weighted by Crippen LogP contribution is 2.22. The van der Waals surface area contributed by atoms with Gasteiger partial charge in [-0.25, -0.2) is 13.2 Å². The number of carbonyl (C=O) groups excluding carboxylic acids is 2. The third-order valence-corrected chi connectivity index (χ3v) is 5.32. The molecule has 3 amide bonds. The van der Waals surface area contributed by atoms with Crippen molar-refractivity contribution in [3.63, 3.8) is 0 Å². The van der Waals surface area contributed by atoms with Crippen molar-refractivity contribution >= 4 is 44.5 Å². The number of rotatable bonds is 6. The maximum Gasteiger partial charge on any atom is 0.323 e. The number of sulfone groups is 1. The van der Waals surface area contributed by atoms with Crippen LogP contribution in [0.25, 0.3) is 0 Å². The van der Waals surface area contributed by atoms with Gasteiger partial charge in [0.05, 0.1) is 9.82 Å². The number of nitrogens with zero attached hydrogens (tertiary/aromatic N) is 1. The van der Waals surface area contributed by atoms with E-state index in [1.54, 1.807) is 36.4 Å². The Morgan fingerprint density at radius 3 is 1.88 bits per heavy atom. The molecule has 0 saturated heterocycles. The molecular formula is C21H18N4O6S. The zero-order valence-electron chi connectivity index (χ0n) is 16.7. The van der Waals surface area contributed by atoms with Gasteiger partial charge in [-0.2, -0.15) is 0 Å². The SMILES string of the molecule is CS(=O)(=O)c1cc(C(=O)Nc2ccc(NC(=O)Nc3ccccc3)cc2)cc([N+](=O)[O-])c1. The summed E-state index contributed by atoms with van der Waals surface area (Å²) in [5.74, 6) is -0.721. The standard InChI is InChI=1S/C21H18N4O6S/c1-32(30,31)19-12-14(11-18(13-19)25(28)29)20(26)22-16-7-9-17(10-8-16)24-21(27)23-15-5-3-2-4-6-15/h2-13H,1H3,(H,22,26)(H2,23,24,27). The van der Waals surface area contributed by atoms with Crippen LogP contribution < -0.4 is 16.0 Å². The number of carbonyl (C=O) groups is 2. The molecule has 0 saturated carbocycles. The highest BCUT2D eigenvalue weighted by molar-refractivity contribution is 7.90. The van der Waals surface area contributed by atoms with E-state index in [2.05, 4.69) is 16.0 Å². The largest absolute Gasteiger partial charge is 0.323 e. The minimum Gasteiger partial charge on any atom is -0.322 e. The van der Waals surface area contributed by atoms with Gasteiger partial charge in [0, 0.05) is 41.0 Å². The Bertz CT molecular complexity index is 1280. The number of hydrogen-bond acceptors (Lipinski definition) is 6. The molecule has 0 fully saturated rings. The fraction of sp³-hybridized carbons (Fsp3) is 0.0476. The average Bonchev–Trinajstić information content (AvgIpc) is 2.74. The summed E-state index contributed by atoms with van der Waals surface area (Å²) in [6, 6.07) is 17.5.